The number of aromatic nitrogens is 1. The molecular weight excluding hydrogens is 266 g/mol. The molecule has 19 heavy (non-hydrogen) atoms. The molecular formula is C13H20ClN3O2. The minimum atomic E-state index is -0.451. The summed E-state index contributed by atoms with van der Waals surface area (Å²) in [6.45, 7) is 3.84. The smallest absolute Gasteiger partial charge is 0.128 e. The minimum absolute atomic E-state index is 0.359. The van der Waals surface area contributed by atoms with Gasteiger partial charge < -0.3 is 20.9 Å². The molecule has 2 rings (SSSR count). The minimum Gasteiger partial charge on any atom is -0.383 e. The van der Waals surface area contributed by atoms with Crippen LogP contribution in [0.15, 0.2) is 12.3 Å². The lowest BCUT2D eigenvalue weighted by molar-refractivity contribution is -0.121. The summed E-state index contributed by atoms with van der Waals surface area (Å²) in [4.78, 5) is 4.06. The van der Waals surface area contributed by atoms with Crippen LogP contribution in [0.25, 0.3) is 0 Å². The van der Waals surface area contributed by atoms with Gasteiger partial charge >= 0.3 is 0 Å². The summed E-state index contributed by atoms with van der Waals surface area (Å²) < 4.78 is 11.4. The summed E-state index contributed by atoms with van der Waals surface area (Å²) in [7, 11) is 0. The molecule has 1 aromatic rings. The Morgan fingerprint density at radius 1 is 1.53 bits per heavy atom. The fourth-order valence-electron chi connectivity index (χ4n) is 2.55. The van der Waals surface area contributed by atoms with Gasteiger partial charge in [-0.15, -0.1) is 0 Å². The van der Waals surface area contributed by atoms with E-state index in [0.29, 0.717) is 30.7 Å². The Morgan fingerprint density at radius 3 is 2.84 bits per heavy atom. The van der Waals surface area contributed by atoms with Crippen molar-refractivity contribution in [2.24, 2.45) is 5.73 Å². The van der Waals surface area contributed by atoms with E-state index in [9.17, 15) is 0 Å². The van der Waals surface area contributed by atoms with Gasteiger partial charge in [-0.1, -0.05) is 11.6 Å². The third-order valence-corrected chi connectivity index (χ3v) is 3.80. The molecule has 1 atom stereocenters. The predicted molar refractivity (Wildman–Crippen MR) is 75.0 cm³/mol. The van der Waals surface area contributed by atoms with Gasteiger partial charge in [0.15, 0.2) is 0 Å². The molecule has 0 spiro atoms. The van der Waals surface area contributed by atoms with Crippen LogP contribution in [0.4, 0.5) is 5.82 Å². The van der Waals surface area contributed by atoms with E-state index in [0.717, 1.165) is 18.4 Å². The van der Waals surface area contributed by atoms with E-state index in [1.165, 1.54) is 6.20 Å². The van der Waals surface area contributed by atoms with Crippen LogP contribution >= 0.6 is 11.6 Å². The Morgan fingerprint density at radius 2 is 2.21 bits per heavy atom. The Hall–Kier alpha value is -0.880. The van der Waals surface area contributed by atoms with Gasteiger partial charge in [0.05, 0.1) is 16.7 Å². The largest absolute Gasteiger partial charge is 0.383 e. The number of ether oxygens (including phenoxy) is 2. The first-order valence-corrected chi connectivity index (χ1v) is 6.85. The van der Waals surface area contributed by atoms with E-state index in [1.807, 2.05) is 6.92 Å². The third kappa shape index (κ3) is 3.00. The molecule has 1 aromatic heterocycles. The van der Waals surface area contributed by atoms with Crippen molar-refractivity contribution >= 4 is 17.4 Å². The van der Waals surface area contributed by atoms with Crippen LogP contribution in [0.1, 0.15) is 31.4 Å². The van der Waals surface area contributed by atoms with Crippen molar-refractivity contribution in [3.8, 4) is 0 Å². The molecule has 1 aliphatic rings. The van der Waals surface area contributed by atoms with Crippen molar-refractivity contribution in [1.29, 1.82) is 0 Å². The molecule has 0 bridgehead atoms. The Bertz CT molecular complexity index is 430. The van der Waals surface area contributed by atoms with Crippen molar-refractivity contribution in [3.05, 3.63) is 22.8 Å². The third-order valence-electron chi connectivity index (χ3n) is 3.59. The monoisotopic (exact) mass is 285 g/mol. The zero-order valence-corrected chi connectivity index (χ0v) is 11.8. The van der Waals surface area contributed by atoms with Gasteiger partial charge in [0.25, 0.3) is 0 Å². The zero-order valence-electron chi connectivity index (χ0n) is 11.1. The average Bonchev–Trinajstić information content (AvgIpc) is 2.42. The number of halogens is 1. The SMILES string of the molecule is CCOC1(C(N)c2cc(Cl)cnc2N)CCOCC1. The number of hydrogen-bond donors (Lipinski definition) is 2. The van der Waals surface area contributed by atoms with Crippen molar-refractivity contribution in [2.45, 2.75) is 31.4 Å². The number of nitrogens with zero attached hydrogens (tertiary/aromatic N) is 1. The predicted octanol–water partition coefficient (Wildman–Crippen LogP) is 1.90. The number of nitrogens with two attached hydrogens (primary N) is 2. The summed E-state index contributed by atoms with van der Waals surface area (Å²) in [6, 6.07) is 1.41. The van der Waals surface area contributed by atoms with Crippen LogP contribution in [0, 0.1) is 0 Å². The lowest BCUT2D eigenvalue weighted by atomic mass is 9.82. The van der Waals surface area contributed by atoms with Crippen LogP contribution < -0.4 is 11.5 Å². The number of rotatable bonds is 4. The summed E-state index contributed by atoms with van der Waals surface area (Å²) in [5.41, 5.74) is 12.6. The number of anilines is 1. The van der Waals surface area contributed by atoms with E-state index in [2.05, 4.69) is 4.98 Å². The standard InChI is InChI=1S/C13H20ClN3O2/c1-2-19-13(3-5-18-6-4-13)11(15)10-7-9(14)8-17-12(10)16/h7-8,11H,2-6,15H2,1H3,(H2,16,17). The quantitative estimate of drug-likeness (QED) is 0.883. The van der Waals surface area contributed by atoms with Crippen molar-refractivity contribution in [1.82, 2.24) is 4.98 Å². The molecule has 2 heterocycles. The molecule has 6 heteroatoms. The first kappa shape index (κ1) is 14.5. The first-order chi connectivity index (χ1) is 9.09. The average molecular weight is 286 g/mol. The number of nitrogen functional groups attached to an aromatic ring is 1. The molecule has 106 valence electrons. The van der Waals surface area contributed by atoms with Crippen molar-refractivity contribution in [3.63, 3.8) is 0 Å². The first-order valence-electron chi connectivity index (χ1n) is 6.47. The maximum Gasteiger partial charge on any atom is 0.128 e. The van der Waals surface area contributed by atoms with Crippen molar-refractivity contribution < 1.29 is 9.47 Å². The second-order valence-electron chi connectivity index (χ2n) is 4.72. The highest BCUT2D eigenvalue weighted by Gasteiger charge is 2.41. The molecule has 1 aliphatic heterocycles. The molecule has 0 aromatic carbocycles. The van der Waals surface area contributed by atoms with Gasteiger partial charge in [-0.25, -0.2) is 4.98 Å². The fraction of sp³-hybridized carbons (Fsp3) is 0.615. The van der Waals surface area contributed by atoms with Crippen LogP contribution in [0.3, 0.4) is 0 Å². The Balaban J connectivity index is 2.32. The van der Waals surface area contributed by atoms with E-state index in [4.69, 9.17) is 32.5 Å². The highest BCUT2D eigenvalue weighted by Crippen LogP contribution is 2.38. The van der Waals surface area contributed by atoms with Gasteiger partial charge in [0.1, 0.15) is 5.82 Å². The van der Waals surface area contributed by atoms with Crippen LogP contribution in [-0.2, 0) is 9.47 Å². The van der Waals surface area contributed by atoms with Gasteiger partial charge in [0.2, 0.25) is 0 Å². The topological polar surface area (TPSA) is 83.4 Å². The molecule has 0 amide bonds. The summed E-state index contributed by atoms with van der Waals surface area (Å²) >= 11 is 5.98. The maximum atomic E-state index is 6.40. The number of pyridine rings is 1. The molecule has 4 N–H and O–H groups in total. The number of hydrogen-bond acceptors (Lipinski definition) is 5. The van der Waals surface area contributed by atoms with E-state index in [1.54, 1.807) is 6.07 Å². The Labute approximate surface area is 118 Å². The summed E-state index contributed by atoms with van der Waals surface area (Å²) in [5, 5.41) is 0.526. The van der Waals surface area contributed by atoms with Crippen LogP contribution in [-0.4, -0.2) is 30.4 Å². The highest BCUT2D eigenvalue weighted by molar-refractivity contribution is 6.30. The maximum absolute atomic E-state index is 6.40. The molecule has 1 unspecified atom stereocenters. The molecule has 1 saturated heterocycles. The Kier molecular flexibility index (Phi) is 4.62. The second-order valence-corrected chi connectivity index (χ2v) is 5.15. The molecule has 0 saturated carbocycles. The molecule has 5 nitrogen and oxygen atoms in total. The van der Waals surface area contributed by atoms with Crippen LogP contribution in [0.2, 0.25) is 5.02 Å². The summed E-state index contributed by atoms with van der Waals surface area (Å²) in [6.07, 6.45) is 3.01. The molecule has 1 fully saturated rings. The van der Waals surface area contributed by atoms with Gasteiger partial charge in [-0.2, -0.15) is 0 Å². The van der Waals surface area contributed by atoms with Crippen LogP contribution in [0.5, 0.6) is 0 Å². The normalized spacial score (nSPS) is 20.2. The highest BCUT2D eigenvalue weighted by atomic mass is 35.5. The lowest BCUT2D eigenvalue weighted by Crippen LogP contribution is -2.48. The molecule has 0 radical (unpaired) electrons. The van der Waals surface area contributed by atoms with E-state index < -0.39 is 5.60 Å². The van der Waals surface area contributed by atoms with Crippen molar-refractivity contribution in [2.75, 3.05) is 25.6 Å². The second kappa shape index (κ2) is 6.05. The van der Waals surface area contributed by atoms with Gasteiger partial charge in [-0.3, -0.25) is 0 Å². The summed E-state index contributed by atoms with van der Waals surface area (Å²) in [5.74, 6) is 0.405. The lowest BCUT2D eigenvalue weighted by Gasteiger charge is -2.41. The zero-order chi connectivity index (χ0) is 13.9. The molecule has 0 aliphatic carbocycles. The fourth-order valence-corrected chi connectivity index (χ4v) is 2.71. The van der Waals surface area contributed by atoms with E-state index >= 15 is 0 Å². The van der Waals surface area contributed by atoms with Gasteiger partial charge in [-0.05, 0) is 13.0 Å². The van der Waals surface area contributed by atoms with Gasteiger partial charge in [0, 0.05) is 44.4 Å². The van der Waals surface area contributed by atoms with E-state index in [-0.39, 0.29) is 6.04 Å².